The molecule has 0 heterocycles. The monoisotopic (exact) mass is 249 g/mol. The number of benzene rings is 1. The van der Waals surface area contributed by atoms with Crippen molar-refractivity contribution in [1.29, 1.82) is 0 Å². The van der Waals surface area contributed by atoms with Crippen LogP contribution in [0.1, 0.15) is 6.92 Å². The molecule has 0 saturated heterocycles. The molecule has 0 aliphatic rings. The Morgan fingerprint density at radius 2 is 2.00 bits per heavy atom. The molecule has 0 unspecified atom stereocenters. The molecule has 0 atom stereocenters. The molecule has 0 aromatic heterocycles. The average Bonchev–Trinajstić information content (AvgIpc) is 2.38. The van der Waals surface area contributed by atoms with E-state index >= 15 is 0 Å². The van der Waals surface area contributed by atoms with E-state index in [2.05, 4.69) is 6.58 Å². The van der Waals surface area contributed by atoms with Crippen LogP contribution < -0.4 is 4.90 Å². The Hall–Kier alpha value is -1.81. The van der Waals surface area contributed by atoms with Crippen molar-refractivity contribution in [3.05, 3.63) is 42.5 Å². The van der Waals surface area contributed by atoms with Crippen LogP contribution in [0.4, 0.5) is 5.69 Å². The minimum atomic E-state index is -0.382. The highest BCUT2D eigenvalue weighted by Gasteiger charge is 2.07. The van der Waals surface area contributed by atoms with Gasteiger partial charge in [-0.2, -0.15) is 0 Å². The number of carbonyl (C=O) groups excluding carboxylic acids is 1. The van der Waals surface area contributed by atoms with Crippen molar-refractivity contribution in [2.75, 3.05) is 31.2 Å². The van der Waals surface area contributed by atoms with Gasteiger partial charge >= 0.3 is 5.97 Å². The molecule has 4 heteroatoms. The van der Waals surface area contributed by atoms with E-state index in [1.807, 2.05) is 35.2 Å². The average molecular weight is 249 g/mol. The van der Waals surface area contributed by atoms with Crippen molar-refractivity contribution in [3.63, 3.8) is 0 Å². The number of aliphatic hydroxyl groups excluding tert-OH is 1. The topological polar surface area (TPSA) is 49.8 Å². The molecule has 1 aromatic carbocycles. The number of hydrogen-bond acceptors (Lipinski definition) is 4. The van der Waals surface area contributed by atoms with Crippen molar-refractivity contribution in [2.45, 2.75) is 6.92 Å². The number of anilines is 1. The first-order chi connectivity index (χ1) is 8.65. The molecule has 0 aliphatic carbocycles. The quantitative estimate of drug-likeness (QED) is 0.589. The van der Waals surface area contributed by atoms with E-state index in [4.69, 9.17) is 9.84 Å². The first-order valence-corrected chi connectivity index (χ1v) is 5.88. The lowest BCUT2D eigenvalue weighted by Gasteiger charge is -2.23. The van der Waals surface area contributed by atoms with Crippen LogP contribution in [0, 0.1) is 0 Å². The number of para-hydroxylation sites is 1. The molecule has 4 nitrogen and oxygen atoms in total. The highest BCUT2D eigenvalue weighted by Crippen LogP contribution is 2.12. The molecule has 0 spiro atoms. The first kappa shape index (κ1) is 14.3. The number of carbonyl (C=O) groups is 1. The fraction of sp³-hybridized carbons (Fsp3) is 0.357. The summed E-state index contributed by atoms with van der Waals surface area (Å²) >= 11 is 0. The fourth-order valence-electron chi connectivity index (χ4n) is 1.50. The van der Waals surface area contributed by atoms with Gasteiger partial charge in [-0.25, -0.2) is 4.79 Å². The lowest BCUT2D eigenvalue weighted by molar-refractivity contribution is -0.138. The van der Waals surface area contributed by atoms with Gasteiger partial charge in [-0.15, -0.1) is 0 Å². The predicted octanol–water partition coefficient (Wildman–Crippen LogP) is 1.60. The van der Waals surface area contributed by atoms with Crippen LogP contribution in [0.25, 0.3) is 0 Å². The van der Waals surface area contributed by atoms with Crippen LogP contribution in [0.3, 0.4) is 0 Å². The van der Waals surface area contributed by atoms with Gasteiger partial charge in [0.2, 0.25) is 0 Å². The molecule has 1 N–H and O–H groups in total. The summed E-state index contributed by atoms with van der Waals surface area (Å²) in [6.45, 7) is 6.53. The lowest BCUT2D eigenvalue weighted by atomic mass is 10.3. The molecule has 0 amide bonds. The van der Waals surface area contributed by atoms with Crippen molar-refractivity contribution < 1.29 is 14.6 Å². The highest BCUT2D eigenvalue weighted by atomic mass is 16.5. The van der Waals surface area contributed by atoms with Gasteiger partial charge in [-0.3, -0.25) is 0 Å². The highest BCUT2D eigenvalue weighted by molar-refractivity contribution is 5.86. The Morgan fingerprint density at radius 3 is 2.56 bits per heavy atom. The maximum absolute atomic E-state index is 11.2. The van der Waals surface area contributed by atoms with E-state index in [0.29, 0.717) is 18.7 Å². The molecule has 98 valence electrons. The Kier molecular flexibility index (Phi) is 5.94. The van der Waals surface area contributed by atoms with E-state index in [0.717, 1.165) is 5.69 Å². The van der Waals surface area contributed by atoms with Crippen molar-refractivity contribution in [2.24, 2.45) is 0 Å². The lowest BCUT2D eigenvalue weighted by Crippen LogP contribution is -2.31. The number of ether oxygens (including phenoxy) is 1. The molecule has 0 fully saturated rings. The smallest absolute Gasteiger partial charge is 0.333 e. The second-order valence-corrected chi connectivity index (χ2v) is 3.96. The van der Waals surface area contributed by atoms with Crippen molar-refractivity contribution in [1.82, 2.24) is 0 Å². The van der Waals surface area contributed by atoms with E-state index in [-0.39, 0.29) is 19.2 Å². The van der Waals surface area contributed by atoms with Gasteiger partial charge in [0.25, 0.3) is 0 Å². The molecular weight excluding hydrogens is 230 g/mol. The summed E-state index contributed by atoms with van der Waals surface area (Å²) in [6.07, 6.45) is 0. The summed E-state index contributed by atoms with van der Waals surface area (Å²) in [5, 5.41) is 9.03. The zero-order valence-corrected chi connectivity index (χ0v) is 10.6. The molecule has 1 aromatic rings. The Bertz CT molecular complexity index is 389. The zero-order valence-electron chi connectivity index (χ0n) is 10.6. The molecule has 18 heavy (non-hydrogen) atoms. The number of aliphatic hydroxyl groups is 1. The summed E-state index contributed by atoms with van der Waals surface area (Å²) in [7, 11) is 0. The second-order valence-electron chi connectivity index (χ2n) is 3.96. The SMILES string of the molecule is C=C(C)C(=O)OCCN(CCO)c1ccccc1. The van der Waals surface area contributed by atoms with Gasteiger partial charge in [0.05, 0.1) is 13.2 Å². The molecule has 1 rings (SSSR count). The summed E-state index contributed by atoms with van der Waals surface area (Å²) < 4.78 is 5.04. The van der Waals surface area contributed by atoms with Gasteiger partial charge in [-0.05, 0) is 19.1 Å². The second kappa shape index (κ2) is 7.50. The minimum Gasteiger partial charge on any atom is -0.460 e. The maximum atomic E-state index is 11.2. The van der Waals surface area contributed by atoms with Crippen molar-refractivity contribution in [3.8, 4) is 0 Å². The number of esters is 1. The van der Waals surface area contributed by atoms with Gasteiger partial charge in [-0.1, -0.05) is 24.8 Å². The molecule has 0 bridgehead atoms. The van der Waals surface area contributed by atoms with Crippen LogP contribution in [-0.4, -0.2) is 37.4 Å². The van der Waals surface area contributed by atoms with Crippen molar-refractivity contribution >= 4 is 11.7 Å². The number of nitrogens with zero attached hydrogens (tertiary/aromatic N) is 1. The standard InChI is InChI=1S/C14H19NO3/c1-12(2)14(17)18-11-9-15(8-10-16)13-6-4-3-5-7-13/h3-7,16H,1,8-11H2,2H3. The third-order valence-corrected chi connectivity index (χ3v) is 2.43. The number of hydrogen-bond donors (Lipinski definition) is 1. The van der Waals surface area contributed by atoms with Gasteiger partial charge in [0.1, 0.15) is 6.61 Å². The fourth-order valence-corrected chi connectivity index (χ4v) is 1.50. The van der Waals surface area contributed by atoms with Crippen LogP contribution in [0.2, 0.25) is 0 Å². The zero-order chi connectivity index (χ0) is 13.4. The Morgan fingerprint density at radius 1 is 1.33 bits per heavy atom. The largest absolute Gasteiger partial charge is 0.460 e. The minimum absolute atomic E-state index is 0.0589. The first-order valence-electron chi connectivity index (χ1n) is 5.88. The third kappa shape index (κ3) is 4.59. The Labute approximate surface area is 107 Å². The third-order valence-electron chi connectivity index (χ3n) is 2.43. The molecule has 0 aliphatic heterocycles. The van der Waals surface area contributed by atoms with Crippen LogP contribution in [0.5, 0.6) is 0 Å². The normalized spacial score (nSPS) is 9.89. The molecule has 0 saturated carbocycles. The summed E-state index contributed by atoms with van der Waals surface area (Å²) in [6, 6.07) is 9.70. The van der Waals surface area contributed by atoms with E-state index < -0.39 is 0 Å². The van der Waals surface area contributed by atoms with E-state index in [1.165, 1.54) is 0 Å². The summed E-state index contributed by atoms with van der Waals surface area (Å²) in [4.78, 5) is 13.2. The molecular formula is C14H19NO3. The maximum Gasteiger partial charge on any atom is 0.333 e. The van der Waals surface area contributed by atoms with Gasteiger partial charge in [0.15, 0.2) is 0 Å². The van der Waals surface area contributed by atoms with E-state index in [1.54, 1.807) is 6.92 Å². The summed E-state index contributed by atoms with van der Waals surface area (Å²) in [5.74, 6) is -0.382. The van der Waals surface area contributed by atoms with Gasteiger partial charge in [0, 0.05) is 17.8 Å². The number of rotatable bonds is 7. The van der Waals surface area contributed by atoms with Crippen LogP contribution in [0.15, 0.2) is 42.5 Å². The Balaban J connectivity index is 2.49. The van der Waals surface area contributed by atoms with Crippen LogP contribution >= 0.6 is 0 Å². The van der Waals surface area contributed by atoms with Crippen LogP contribution in [-0.2, 0) is 9.53 Å². The van der Waals surface area contributed by atoms with Gasteiger partial charge < -0.3 is 14.7 Å². The molecule has 0 radical (unpaired) electrons. The summed E-state index contributed by atoms with van der Waals surface area (Å²) in [5.41, 5.74) is 1.39. The van der Waals surface area contributed by atoms with E-state index in [9.17, 15) is 4.79 Å². The predicted molar refractivity (Wildman–Crippen MR) is 71.5 cm³/mol.